The van der Waals surface area contributed by atoms with Crippen LogP contribution in [0, 0.1) is 0 Å². The summed E-state index contributed by atoms with van der Waals surface area (Å²) in [6.45, 7) is 4.54. The molecule has 3 aromatic rings. The maximum atomic E-state index is 5.61. The lowest BCUT2D eigenvalue weighted by molar-refractivity contribution is 0.169. The molecule has 3 rings (SSSR count). The number of pyridine rings is 1. The van der Waals surface area contributed by atoms with Gasteiger partial charge in [-0.1, -0.05) is 22.0 Å². The van der Waals surface area contributed by atoms with Gasteiger partial charge in [-0.05, 0) is 36.4 Å². The third kappa shape index (κ3) is 3.18. The van der Waals surface area contributed by atoms with Gasteiger partial charge in [0.2, 0.25) is 0 Å². The number of nitrogens with one attached hydrogen (secondary N) is 1. The second-order valence-corrected chi connectivity index (χ2v) is 5.59. The lowest BCUT2D eigenvalue weighted by Gasteiger charge is -2.23. The molecule has 1 N–H and O–H groups in total. The zero-order valence-electron chi connectivity index (χ0n) is 11.9. The number of halogens is 1. The number of aromatic nitrogens is 3. The Morgan fingerprint density at radius 1 is 1.23 bits per heavy atom. The highest BCUT2D eigenvalue weighted by molar-refractivity contribution is 9.10. The van der Waals surface area contributed by atoms with Gasteiger partial charge in [-0.15, -0.1) is 6.58 Å². The number of nitrogens with zero attached hydrogens (tertiary/aromatic N) is 3. The van der Waals surface area contributed by atoms with Crippen molar-refractivity contribution in [3.63, 3.8) is 0 Å². The molecule has 0 amide bonds. The quantitative estimate of drug-likeness (QED) is 0.410. The van der Waals surface area contributed by atoms with Gasteiger partial charge >= 0.3 is 0 Å². The van der Waals surface area contributed by atoms with Crippen LogP contribution >= 0.6 is 15.9 Å². The minimum atomic E-state index is 0.389. The summed E-state index contributed by atoms with van der Waals surface area (Å²) in [5.74, 6) is 0.795. The molecule has 0 aliphatic rings. The Morgan fingerprint density at radius 2 is 2.05 bits per heavy atom. The number of H-pyrrole nitrogens is 1. The second-order valence-electron chi connectivity index (χ2n) is 4.67. The molecule has 6 heteroatoms. The lowest BCUT2D eigenvalue weighted by Crippen LogP contribution is -2.21. The Kier molecular flexibility index (Phi) is 4.50. The van der Waals surface area contributed by atoms with Crippen molar-refractivity contribution in [2.75, 3.05) is 18.2 Å². The molecule has 0 fully saturated rings. The third-order valence-electron chi connectivity index (χ3n) is 3.16. The van der Waals surface area contributed by atoms with Crippen molar-refractivity contribution in [2.24, 2.45) is 0 Å². The number of hydrogen-bond acceptors (Lipinski definition) is 4. The molecule has 0 radical (unpaired) electrons. The normalized spacial score (nSPS) is 10.8. The molecule has 0 bridgehead atoms. The van der Waals surface area contributed by atoms with E-state index in [2.05, 4.69) is 37.7 Å². The maximum Gasteiger partial charge on any atom is 0.157 e. The Balaban J connectivity index is 1.95. The maximum absolute atomic E-state index is 5.61. The number of rotatable bonds is 6. The zero-order chi connectivity index (χ0) is 15.4. The van der Waals surface area contributed by atoms with E-state index in [9.17, 15) is 0 Å². The molecule has 22 heavy (non-hydrogen) atoms. The van der Waals surface area contributed by atoms with Gasteiger partial charge in [-0.3, -0.25) is 5.10 Å². The van der Waals surface area contributed by atoms with Gasteiger partial charge in [0.1, 0.15) is 12.5 Å². The van der Waals surface area contributed by atoms with E-state index in [4.69, 9.17) is 4.74 Å². The van der Waals surface area contributed by atoms with Crippen LogP contribution in [0.3, 0.4) is 0 Å². The summed E-state index contributed by atoms with van der Waals surface area (Å²) in [6.07, 6.45) is 3.48. The molecular weight excluding hydrogens is 344 g/mol. The third-order valence-corrected chi connectivity index (χ3v) is 3.69. The first-order chi connectivity index (χ1) is 10.8. The van der Waals surface area contributed by atoms with Crippen molar-refractivity contribution in [2.45, 2.75) is 0 Å². The van der Waals surface area contributed by atoms with Gasteiger partial charge in [0.15, 0.2) is 5.65 Å². The molecule has 0 spiro atoms. The van der Waals surface area contributed by atoms with Crippen molar-refractivity contribution in [3.8, 4) is 0 Å². The minimum absolute atomic E-state index is 0.389. The number of anilines is 2. The van der Waals surface area contributed by atoms with E-state index in [1.807, 2.05) is 41.3 Å². The van der Waals surface area contributed by atoms with Crippen molar-refractivity contribution >= 4 is 38.5 Å². The highest BCUT2D eigenvalue weighted by Gasteiger charge is 2.12. The van der Waals surface area contributed by atoms with Gasteiger partial charge < -0.3 is 9.64 Å². The van der Waals surface area contributed by atoms with Crippen molar-refractivity contribution < 1.29 is 4.74 Å². The van der Waals surface area contributed by atoms with Crippen LogP contribution in [0.25, 0.3) is 11.0 Å². The van der Waals surface area contributed by atoms with Crippen LogP contribution in [0.2, 0.25) is 0 Å². The fraction of sp³-hybridized carbons (Fsp3) is 0.125. The Labute approximate surface area is 136 Å². The Bertz CT molecular complexity index is 769. The molecule has 0 saturated carbocycles. The van der Waals surface area contributed by atoms with Crippen LogP contribution < -0.4 is 4.90 Å². The summed E-state index contributed by atoms with van der Waals surface area (Å²) in [6, 6.07) is 12.0. The number of fused-ring (bicyclic) bond motifs is 1. The predicted molar refractivity (Wildman–Crippen MR) is 91.2 cm³/mol. The standard InChI is InChI=1S/C16H15BrN4O/c1-2-9-22-11-21(14-6-4-13(17)5-7-14)15-8-3-12-10-18-20-16(12)19-15/h2-8,10H,1,9,11H2,(H,18,19,20). The topological polar surface area (TPSA) is 54.0 Å². The van der Waals surface area contributed by atoms with Gasteiger partial charge in [0.05, 0.1) is 12.8 Å². The van der Waals surface area contributed by atoms with Gasteiger partial charge in [-0.25, -0.2) is 4.98 Å². The zero-order valence-corrected chi connectivity index (χ0v) is 13.5. The van der Waals surface area contributed by atoms with Crippen LogP contribution in [-0.4, -0.2) is 28.5 Å². The summed E-state index contributed by atoms with van der Waals surface area (Å²) in [5.41, 5.74) is 1.75. The molecule has 0 unspecified atom stereocenters. The van der Waals surface area contributed by atoms with E-state index in [1.54, 1.807) is 12.3 Å². The fourth-order valence-electron chi connectivity index (χ4n) is 2.09. The molecule has 1 aromatic carbocycles. The van der Waals surface area contributed by atoms with Crippen molar-refractivity contribution in [1.29, 1.82) is 0 Å². The highest BCUT2D eigenvalue weighted by atomic mass is 79.9. The van der Waals surface area contributed by atoms with Gasteiger partial charge in [-0.2, -0.15) is 5.10 Å². The molecule has 2 heterocycles. The summed E-state index contributed by atoms with van der Waals surface area (Å²) < 4.78 is 6.64. The van der Waals surface area contributed by atoms with Crippen LogP contribution in [-0.2, 0) is 4.74 Å². The number of aromatic amines is 1. The van der Waals surface area contributed by atoms with Crippen LogP contribution in [0.4, 0.5) is 11.5 Å². The lowest BCUT2D eigenvalue weighted by atomic mass is 10.3. The smallest absolute Gasteiger partial charge is 0.157 e. The molecular formula is C16H15BrN4O. The summed E-state index contributed by atoms with van der Waals surface area (Å²) in [5, 5.41) is 7.87. The number of hydrogen-bond donors (Lipinski definition) is 1. The molecule has 5 nitrogen and oxygen atoms in total. The van der Waals surface area contributed by atoms with E-state index in [0.29, 0.717) is 13.3 Å². The second kappa shape index (κ2) is 6.72. The average molecular weight is 359 g/mol. The Hall–Kier alpha value is -2.18. The summed E-state index contributed by atoms with van der Waals surface area (Å²) in [4.78, 5) is 6.60. The highest BCUT2D eigenvalue weighted by Crippen LogP contribution is 2.26. The van der Waals surface area contributed by atoms with E-state index < -0.39 is 0 Å². The van der Waals surface area contributed by atoms with Gasteiger partial charge in [0.25, 0.3) is 0 Å². The molecule has 0 aliphatic carbocycles. The van der Waals surface area contributed by atoms with Crippen LogP contribution in [0.15, 0.2) is 59.7 Å². The Morgan fingerprint density at radius 3 is 2.82 bits per heavy atom. The first-order valence-corrected chi connectivity index (χ1v) is 7.59. The van der Waals surface area contributed by atoms with Gasteiger partial charge in [0, 0.05) is 15.5 Å². The van der Waals surface area contributed by atoms with Crippen molar-refractivity contribution in [3.05, 3.63) is 59.7 Å². The van der Waals surface area contributed by atoms with Crippen LogP contribution in [0.5, 0.6) is 0 Å². The molecule has 0 aliphatic heterocycles. The molecule has 0 saturated heterocycles. The molecule has 0 atom stereocenters. The predicted octanol–water partition coefficient (Wildman–Crippen LogP) is 4.02. The first-order valence-electron chi connectivity index (χ1n) is 6.80. The fourth-order valence-corrected chi connectivity index (χ4v) is 2.35. The first kappa shape index (κ1) is 14.7. The minimum Gasteiger partial charge on any atom is -0.357 e. The van der Waals surface area contributed by atoms with E-state index >= 15 is 0 Å². The SMILES string of the molecule is C=CCOCN(c1ccc(Br)cc1)c1ccc2cn[nH]c2n1. The molecule has 2 aromatic heterocycles. The number of benzene rings is 1. The largest absolute Gasteiger partial charge is 0.357 e. The summed E-state index contributed by atoms with van der Waals surface area (Å²) in [7, 11) is 0. The van der Waals surface area contributed by atoms with Crippen LogP contribution in [0.1, 0.15) is 0 Å². The average Bonchev–Trinajstić information content (AvgIpc) is 3.00. The van der Waals surface area contributed by atoms with E-state index in [0.717, 1.165) is 27.0 Å². The molecule has 112 valence electrons. The van der Waals surface area contributed by atoms with Crippen molar-refractivity contribution in [1.82, 2.24) is 15.2 Å². The summed E-state index contributed by atoms with van der Waals surface area (Å²) >= 11 is 3.45. The van der Waals surface area contributed by atoms with E-state index in [-0.39, 0.29) is 0 Å². The monoisotopic (exact) mass is 358 g/mol. The number of ether oxygens (including phenoxy) is 1. The van der Waals surface area contributed by atoms with E-state index in [1.165, 1.54) is 0 Å².